The average molecular weight is 295 g/mol. The topological polar surface area (TPSA) is 63.5 Å². The van der Waals surface area contributed by atoms with Gasteiger partial charge in [0.15, 0.2) is 5.03 Å². The van der Waals surface area contributed by atoms with E-state index in [1.54, 1.807) is 0 Å². The molecule has 110 valence electrons. The molecule has 0 bridgehead atoms. The number of nitrogens with one attached hydrogen (secondary N) is 1. The number of hydrogen-bond acceptors (Lipinski definition) is 3. The minimum atomic E-state index is -3.54. The summed E-state index contributed by atoms with van der Waals surface area (Å²) in [5, 5.41) is 0.130. The van der Waals surface area contributed by atoms with Gasteiger partial charge < -0.3 is 4.40 Å². The molecule has 0 aromatic carbocycles. The van der Waals surface area contributed by atoms with Gasteiger partial charge in [0.2, 0.25) is 0 Å². The molecule has 0 unspecified atom stereocenters. The third-order valence-electron chi connectivity index (χ3n) is 3.26. The first-order valence-corrected chi connectivity index (χ1v) is 8.51. The number of imidazole rings is 1. The van der Waals surface area contributed by atoms with Crippen molar-refractivity contribution in [3.63, 3.8) is 0 Å². The van der Waals surface area contributed by atoms with Crippen molar-refractivity contribution < 1.29 is 8.42 Å². The molecule has 20 heavy (non-hydrogen) atoms. The molecule has 0 aliphatic heterocycles. The fourth-order valence-corrected chi connectivity index (χ4v) is 3.40. The second kappa shape index (κ2) is 5.93. The lowest BCUT2D eigenvalue weighted by atomic mass is 10.2. The van der Waals surface area contributed by atoms with E-state index in [-0.39, 0.29) is 5.03 Å². The quantitative estimate of drug-likeness (QED) is 0.888. The molecule has 2 rings (SSSR count). The lowest BCUT2D eigenvalue weighted by Crippen LogP contribution is -2.25. The van der Waals surface area contributed by atoms with E-state index in [9.17, 15) is 8.42 Å². The van der Waals surface area contributed by atoms with E-state index < -0.39 is 10.0 Å². The Morgan fingerprint density at radius 2 is 1.95 bits per heavy atom. The molecule has 0 radical (unpaired) electrons. The number of rotatable bonds is 6. The second-order valence-corrected chi connectivity index (χ2v) is 6.41. The van der Waals surface area contributed by atoms with Crippen LogP contribution in [0.5, 0.6) is 0 Å². The van der Waals surface area contributed by atoms with E-state index >= 15 is 0 Å². The highest BCUT2D eigenvalue weighted by molar-refractivity contribution is 7.89. The average Bonchev–Trinajstić information content (AvgIpc) is 2.83. The highest BCUT2D eigenvalue weighted by atomic mass is 32.2. The fourth-order valence-electron chi connectivity index (χ4n) is 2.12. The van der Waals surface area contributed by atoms with Crippen LogP contribution in [0.3, 0.4) is 0 Å². The van der Waals surface area contributed by atoms with Crippen LogP contribution in [0.4, 0.5) is 0 Å². The standard InChI is InChI=1S/C14H21N3O2S/c1-4-9-15-20(18,19)14-12-8-7-11(5-2)10-17(12)13(6-3)16-14/h7-8,10,15H,4-6,9H2,1-3H3. The summed E-state index contributed by atoms with van der Waals surface area (Å²) in [4.78, 5) is 4.32. The molecule has 1 N–H and O–H groups in total. The van der Waals surface area contributed by atoms with Crippen molar-refractivity contribution in [1.29, 1.82) is 0 Å². The summed E-state index contributed by atoms with van der Waals surface area (Å²) < 4.78 is 29.1. The van der Waals surface area contributed by atoms with E-state index in [0.717, 1.165) is 24.2 Å². The maximum absolute atomic E-state index is 12.3. The third-order valence-corrected chi connectivity index (χ3v) is 4.65. The summed E-state index contributed by atoms with van der Waals surface area (Å²) in [6.45, 7) is 6.40. The van der Waals surface area contributed by atoms with Crippen LogP contribution in [0.15, 0.2) is 23.4 Å². The molecule has 0 spiro atoms. The molecular weight excluding hydrogens is 274 g/mol. The SMILES string of the molecule is CCCNS(=O)(=O)c1nc(CC)n2cc(CC)ccc12. The summed E-state index contributed by atoms with van der Waals surface area (Å²) in [7, 11) is -3.54. The summed E-state index contributed by atoms with van der Waals surface area (Å²) in [6.07, 6.45) is 4.33. The van der Waals surface area contributed by atoms with E-state index in [1.165, 1.54) is 0 Å². The van der Waals surface area contributed by atoms with Crippen LogP contribution in [0, 0.1) is 0 Å². The first-order valence-electron chi connectivity index (χ1n) is 7.03. The molecule has 5 nitrogen and oxygen atoms in total. The van der Waals surface area contributed by atoms with Gasteiger partial charge in [-0.05, 0) is 24.5 Å². The number of aromatic nitrogens is 2. The Balaban J connectivity index is 2.60. The molecular formula is C14H21N3O2S. The van der Waals surface area contributed by atoms with Gasteiger partial charge in [0, 0.05) is 19.2 Å². The van der Waals surface area contributed by atoms with Gasteiger partial charge >= 0.3 is 0 Å². The molecule has 0 amide bonds. The van der Waals surface area contributed by atoms with Crippen LogP contribution in [0.1, 0.15) is 38.6 Å². The number of sulfonamides is 1. The molecule has 0 saturated carbocycles. The van der Waals surface area contributed by atoms with Crippen molar-refractivity contribution in [2.75, 3.05) is 6.54 Å². The molecule has 0 atom stereocenters. The lowest BCUT2D eigenvalue weighted by Gasteiger charge is -2.04. The highest BCUT2D eigenvalue weighted by Crippen LogP contribution is 2.20. The van der Waals surface area contributed by atoms with Crippen molar-refractivity contribution >= 4 is 15.5 Å². The Bertz CT molecular complexity index is 705. The molecule has 0 saturated heterocycles. The van der Waals surface area contributed by atoms with Gasteiger partial charge in [-0.3, -0.25) is 0 Å². The number of fused-ring (bicyclic) bond motifs is 1. The zero-order valence-electron chi connectivity index (χ0n) is 12.2. The maximum Gasteiger partial charge on any atom is 0.260 e. The smallest absolute Gasteiger partial charge is 0.260 e. The van der Waals surface area contributed by atoms with Crippen LogP contribution in [-0.2, 0) is 22.9 Å². The van der Waals surface area contributed by atoms with Gasteiger partial charge in [-0.2, -0.15) is 0 Å². The van der Waals surface area contributed by atoms with Crippen LogP contribution in [-0.4, -0.2) is 24.3 Å². The number of pyridine rings is 1. The normalized spacial score (nSPS) is 12.2. The zero-order chi connectivity index (χ0) is 14.8. The van der Waals surface area contributed by atoms with Gasteiger partial charge in [0.05, 0.1) is 5.52 Å². The molecule has 6 heteroatoms. The molecule has 2 heterocycles. The summed E-state index contributed by atoms with van der Waals surface area (Å²) in [5.74, 6) is 0.771. The van der Waals surface area contributed by atoms with Crippen molar-refractivity contribution in [3.05, 3.63) is 29.7 Å². The second-order valence-electron chi connectivity index (χ2n) is 4.73. The van der Waals surface area contributed by atoms with Gasteiger partial charge in [-0.15, -0.1) is 0 Å². The van der Waals surface area contributed by atoms with Crippen molar-refractivity contribution in [1.82, 2.24) is 14.1 Å². The van der Waals surface area contributed by atoms with E-state index in [0.29, 0.717) is 18.5 Å². The number of hydrogen-bond donors (Lipinski definition) is 1. The van der Waals surface area contributed by atoms with Gasteiger partial charge in [-0.25, -0.2) is 18.1 Å². The van der Waals surface area contributed by atoms with E-state index in [1.807, 2.05) is 36.6 Å². The fraction of sp³-hybridized carbons (Fsp3) is 0.500. The largest absolute Gasteiger partial charge is 0.302 e. The van der Waals surface area contributed by atoms with Crippen LogP contribution in [0.25, 0.3) is 5.52 Å². The highest BCUT2D eigenvalue weighted by Gasteiger charge is 2.22. The Labute approximate surface area is 120 Å². The van der Waals surface area contributed by atoms with Crippen LogP contribution < -0.4 is 4.72 Å². The monoisotopic (exact) mass is 295 g/mol. The van der Waals surface area contributed by atoms with Crippen LogP contribution >= 0.6 is 0 Å². The Morgan fingerprint density at radius 3 is 2.55 bits per heavy atom. The molecule has 2 aromatic rings. The maximum atomic E-state index is 12.3. The van der Waals surface area contributed by atoms with Crippen molar-refractivity contribution in [2.45, 2.75) is 45.1 Å². The Kier molecular flexibility index (Phi) is 4.45. The third kappa shape index (κ3) is 2.71. The number of aryl methyl sites for hydroxylation is 2. The van der Waals surface area contributed by atoms with Crippen molar-refractivity contribution in [3.8, 4) is 0 Å². The van der Waals surface area contributed by atoms with Crippen LogP contribution in [0.2, 0.25) is 0 Å². The summed E-state index contributed by atoms with van der Waals surface area (Å²) >= 11 is 0. The minimum Gasteiger partial charge on any atom is -0.302 e. The number of nitrogens with zero attached hydrogens (tertiary/aromatic N) is 2. The van der Waals surface area contributed by atoms with Gasteiger partial charge in [-0.1, -0.05) is 26.8 Å². The Morgan fingerprint density at radius 1 is 1.20 bits per heavy atom. The first-order chi connectivity index (χ1) is 9.53. The predicted octanol–water partition coefficient (Wildman–Crippen LogP) is 2.15. The summed E-state index contributed by atoms with van der Waals surface area (Å²) in [6, 6.07) is 3.79. The first kappa shape index (κ1) is 15.0. The minimum absolute atomic E-state index is 0.130. The molecule has 0 fully saturated rings. The van der Waals surface area contributed by atoms with E-state index in [2.05, 4.69) is 16.6 Å². The predicted molar refractivity (Wildman–Crippen MR) is 79.4 cm³/mol. The molecule has 0 aliphatic carbocycles. The molecule has 0 aliphatic rings. The molecule has 2 aromatic heterocycles. The Hall–Kier alpha value is -1.40. The van der Waals surface area contributed by atoms with Gasteiger partial charge in [0.25, 0.3) is 10.0 Å². The lowest BCUT2D eigenvalue weighted by molar-refractivity contribution is 0.578. The summed E-state index contributed by atoms with van der Waals surface area (Å²) in [5.41, 5.74) is 1.80. The zero-order valence-corrected chi connectivity index (χ0v) is 13.0. The van der Waals surface area contributed by atoms with Crippen molar-refractivity contribution in [2.24, 2.45) is 0 Å². The van der Waals surface area contributed by atoms with E-state index in [4.69, 9.17) is 0 Å². The van der Waals surface area contributed by atoms with Gasteiger partial charge in [0.1, 0.15) is 5.82 Å².